The first-order chi connectivity index (χ1) is 9.02. The van der Waals surface area contributed by atoms with Crippen LogP contribution in [0.2, 0.25) is 0 Å². The fourth-order valence-electron chi connectivity index (χ4n) is 2.25. The van der Waals surface area contributed by atoms with Crippen LogP contribution in [0.3, 0.4) is 0 Å². The molecule has 1 unspecified atom stereocenters. The number of hydrogen-bond donors (Lipinski definition) is 1. The van der Waals surface area contributed by atoms with E-state index in [4.69, 9.17) is 5.73 Å². The van der Waals surface area contributed by atoms with E-state index in [2.05, 4.69) is 26.9 Å². The van der Waals surface area contributed by atoms with Gasteiger partial charge in [0.25, 0.3) is 0 Å². The summed E-state index contributed by atoms with van der Waals surface area (Å²) in [5.41, 5.74) is 9.56. The zero-order chi connectivity index (χ0) is 14.0. The highest BCUT2D eigenvalue weighted by molar-refractivity contribution is 5.50. The maximum absolute atomic E-state index is 5.73. The van der Waals surface area contributed by atoms with Crippen LogP contribution in [0.15, 0.2) is 12.3 Å². The Labute approximate surface area is 113 Å². The second-order valence-corrected chi connectivity index (χ2v) is 4.76. The molecule has 0 saturated heterocycles. The zero-order valence-corrected chi connectivity index (χ0v) is 11.8. The Morgan fingerprint density at radius 2 is 1.74 bits per heavy atom. The van der Waals surface area contributed by atoms with Crippen LogP contribution in [-0.2, 0) is 0 Å². The minimum atomic E-state index is 0.265. The van der Waals surface area contributed by atoms with Crippen molar-refractivity contribution in [1.29, 1.82) is 0 Å². The van der Waals surface area contributed by atoms with Crippen LogP contribution >= 0.6 is 0 Å². The fraction of sp³-hybridized carbons (Fsp3) is 0.429. The van der Waals surface area contributed by atoms with E-state index in [0.717, 1.165) is 28.5 Å². The maximum Gasteiger partial charge on any atom is 0.178 e. The lowest BCUT2D eigenvalue weighted by atomic mass is 9.98. The highest BCUT2D eigenvalue weighted by Gasteiger charge is 2.15. The lowest BCUT2D eigenvalue weighted by Gasteiger charge is -2.15. The van der Waals surface area contributed by atoms with Crippen molar-refractivity contribution in [2.24, 2.45) is 5.73 Å². The van der Waals surface area contributed by atoms with Gasteiger partial charge in [-0.15, -0.1) is 0 Å². The standard InChI is InChI=1S/C14H19N5/c1-8(7-15)13-9(2)17-14(18-10(13)3)12-5-6-16-11(4)19-12/h5-6,8H,7,15H2,1-4H3. The summed E-state index contributed by atoms with van der Waals surface area (Å²) >= 11 is 0. The molecule has 2 N–H and O–H groups in total. The van der Waals surface area contributed by atoms with Gasteiger partial charge < -0.3 is 5.73 Å². The van der Waals surface area contributed by atoms with Crippen molar-refractivity contribution >= 4 is 0 Å². The van der Waals surface area contributed by atoms with Gasteiger partial charge in [0.05, 0.1) is 0 Å². The molecule has 0 amide bonds. The summed E-state index contributed by atoms with van der Waals surface area (Å²) in [5, 5.41) is 0. The molecule has 19 heavy (non-hydrogen) atoms. The van der Waals surface area contributed by atoms with Gasteiger partial charge in [0.15, 0.2) is 5.82 Å². The molecule has 0 radical (unpaired) electrons. The van der Waals surface area contributed by atoms with E-state index in [9.17, 15) is 0 Å². The summed E-state index contributed by atoms with van der Waals surface area (Å²) < 4.78 is 0. The summed E-state index contributed by atoms with van der Waals surface area (Å²) in [5.74, 6) is 1.63. The second kappa shape index (κ2) is 5.40. The first-order valence-electron chi connectivity index (χ1n) is 6.38. The number of aryl methyl sites for hydroxylation is 3. The number of nitrogens with zero attached hydrogens (tertiary/aromatic N) is 4. The van der Waals surface area contributed by atoms with E-state index < -0.39 is 0 Å². The third-order valence-electron chi connectivity index (χ3n) is 3.18. The van der Waals surface area contributed by atoms with Crippen LogP contribution in [0.5, 0.6) is 0 Å². The minimum absolute atomic E-state index is 0.265. The van der Waals surface area contributed by atoms with E-state index in [1.54, 1.807) is 6.20 Å². The molecule has 0 aliphatic heterocycles. The molecule has 0 fully saturated rings. The summed E-state index contributed by atoms with van der Waals surface area (Å²) in [6.07, 6.45) is 1.72. The molecule has 0 bridgehead atoms. The molecule has 0 aliphatic rings. The van der Waals surface area contributed by atoms with Gasteiger partial charge in [0.2, 0.25) is 0 Å². The Morgan fingerprint density at radius 1 is 1.11 bits per heavy atom. The van der Waals surface area contributed by atoms with Crippen molar-refractivity contribution in [3.05, 3.63) is 35.0 Å². The smallest absolute Gasteiger partial charge is 0.178 e. The quantitative estimate of drug-likeness (QED) is 0.909. The first kappa shape index (κ1) is 13.5. The van der Waals surface area contributed by atoms with E-state index in [1.807, 2.05) is 26.8 Å². The summed E-state index contributed by atoms with van der Waals surface area (Å²) in [6, 6.07) is 1.83. The predicted octanol–water partition coefficient (Wildman–Crippen LogP) is 1.92. The second-order valence-electron chi connectivity index (χ2n) is 4.76. The zero-order valence-electron chi connectivity index (χ0n) is 11.8. The van der Waals surface area contributed by atoms with Crippen LogP contribution in [0.25, 0.3) is 11.5 Å². The molecular weight excluding hydrogens is 238 g/mol. The molecule has 2 aromatic heterocycles. The van der Waals surface area contributed by atoms with E-state index >= 15 is 0 Å². The Hall–Kier alpha value is -1.88. The van der Waals surface area contributed by atoms with Gasteiger partial charge in [-0.3, -0.25) is 0 Å². The van der Waals surface area contributed by atoms with Crippen molar-refractivity contribution in [3.63, 3.8) is 0 Å². The van der Waals surface area contributed by atoms with E-state index in [0.29, 0.717) is 12.4 Å². The van der Waals surface area contributed by atoms with Crippen molar-refractivity contribution in [1.82, 2.24) is 19.9 Å². The Morgan fingerprint density at radius 3 is 2.26 bits per heavy atom. The largest absolute Gasteiger partial charge is 0.330 e. The minimum Gasteiger partial charge on any atom is -0.330 e. The SMILES string of the molecule is Cc1nccc(-c2nc(C)c(C(C)CN)c(C)n2)n1. The Bertz CT molecular complexity index is 571. The molecule has 2 rings (SSSR count). The van der Waals surface area contributed by atoms with E-state index in [1.165, 1.54) is 0 Å². The molecule has 1 atom stereocenters. The molecule has 100 valence electrons. The van der Waals surface area contributed by atoms with Gasteiger partial charge in [0, 0.05) is 17.6 Å². The summed E-state index contributed by atoms with van der Waals surface area (Å²) in [6.45, 7) is 8.53. The van der Waals surface area contributed by atoms with Gasteiger partial charge in [-0.1, -0.05) is 6.92 Å². The average Bonchev–Trinajstić information content (AvgIpc) is 2.37. The van der Waals surface area contributed by atoms with Gasteiger partial charge in [-0.2, -0.15) is 0 Å². The lowest BCUT2D eigenvalue weighted by molar-refractivity contribution is 0.743. The Balaban J connectivity index is 2.51. The molecular formula is C14H19N5. The van der Waals surface area contributed by atoms with Crippen molar-refractivity contribution in [3.8, 4) is 11.5 Å². The number of aromatic nitrogens is 4. The van der Waals surface area contributed by atoms with Crippen LogP contribution in [-0.4, -0.2) is 26.5 Å². The number of hydrogen-bond acceptors (Lipinski definition) is 5. The normalized spacial score (nSPS) is 12.5. The lowest BCUT2D eigenvalue weighted by Crippen LogP contribution is -2.14. The molecule has 0 spiro atoms. The summed E-state index contributed by atoms with van der Waals surface area (Å²) in [7, 11) is 0. The van der Waals surface area contributed by atoms with Gasteiger partial charge >= 0.3 is 0 Å². The molecule has 5 heteroatoms. The topological polar surface area (TPSA) is 77.6 Å². The van der Waals surface area contributed by atoms with Crippen molar-refractivity contribution < 1.29 is 0 Å². The summed E-state index contributed by atoms with van der Waals surface area (Å²) in [4.78, 5) is 17.6. The molecule has 2 aromatic rings. The molecule has 5 nitrogen and oxygen atoms in total. The molecule has 2 heterocycles. The van der Waals surface area contributed by atoms with Crippen LogP contribution < -0.4 is 5.73 Å². The molecule has 0 aromatic carbocycles. The highest BCUT2D eigenvalue weighted by atomic mass is 15.0. The highest BCUT2D eigenvalue weighted by Crippen LogP contribution is 2.23. The van der Waals surface area contributed by atoms with Crippen molar-refractivity contribution in [2.45, 2.75) is 33.6 Å². The number of nitrogens with two attached hydrogens (primary N) is 1. The third-order valence-corrected chi connectivity index (χ3v) is 3.18. The Kier molecular flexibility index (Phi) is 3.85. The molecule has 0 saturated carbocycles. The van der Waals surface area contributed by atoms with Gasteiger partial charge in [0.1, 0.15) is 11.5 Å². The monoisotopic (exact) mass is 257 g/mol. The van der Waals surface area contributed by atoms with Crippen LogP contribution in [0.1, 0.15) is 35.6 Å². The number of rotatable bonds is 3. The average molecular weight is 257 g/mol. The fourth-order valence-corrected chi connectivity index (χ4v) is 2.25. The van der Waals surface area contributed by atoms with E-state index in [-0.39, 0.29) is 5.92 Å². The molecule has 0 aliphatic carbocycles. The third kappa shape index (κ3) is 2.76. The van der Waals surface area contributed by atoms with Gasteiger partial charge in [-0.05, 0) is 44.9 Å². The van der Waals surface area contributed by atoms with Crippen LogP contribution in [0.4, 0.5) is 0 Å². The van der Waals surface area contributed by atoms with Crippen LogP contribution in [0, 0.1) is 20.8 Å². The first-order valence-corrected chi connectivity index (χ1v) is 6.38. The van der Waals surface area contributed by atoms with Gasteiger partial charge in [-0.25, -0.2) is 19.9 Å². The maximum atomic E-state index is 5.73. The predicted molar refractivity (Wildman–Crippen MR) is 74.7 cm³/mol. The van der Waals surface area contributed by atoms with Crippen molar-refractivity contribution in [2.75, 3.05) is 6.54 Å².